The van der Waals surface area contributed by atoms with Crippen LogP contribution in [0.15, 0.2) is 47.6 Å². The van der Waals surface area contributed by atoms with Crippen molar-refractivity contribution in [2.24, 2.45) is 5.16 Å². The van der Waals surface area contributed by atoms with Gasteiger partial charge in [0, 0.05) is 6.07 Å². The number of aryl methyl sites for hydroxylation is 1. The minimum atomic E-state index is -0.893. The Hall–Kier alpha value is -2.76. The molecule has 0 radical (unpaired) electrons. The monoisotopic (exact) mass is 305 g/mol. The van der Waals surface area contributed by atoms with Crippen molar-refractivity contribution in [3.8, 4) is 5.75 Å². The first-order chi connectivity index (χ1) is 10.5. The van der Waals surface area contributed by atoms with Gasteiger partial charge in [-0.25, -0.2) is 13.6 Å². The topological polar surface area (TPSA) is 47.9 Å². The van der Waals surface area contributed by atoms with E-state index >= 15 is 0 Å². The van der Waals surface area contributed by atoms with E-state index in [0.717, 1.165) is 23.3 Å². The summed E-state index contributed by atoms with van der Waals surface area (Å²) in [6.45, 7) is 1.42. The highest BCUT2D eigenvalue weighted by molar-refractivity contribution is 5.80. The molecule has 22 heavy (non-hydrogen) atoms. The standard InChI is InChI=1S/C16H13F2NO3/c1-11-2-4-12(5-3-11)9-19-22-16(20)10-21-15-7-6-13(17)8-14(15)18/h2-9H,10H2,1H3/b19-9-. The fourth-order valence-corrected chi connectivity index (χ4v) is 1.55. The van der Waals surface area contributed by atoms with Crippen LogP contribution in [0.2, 0.25) is 0 Å². The van der Waals surface area contributed by atoms with E-state index in [9.17, 15) is 13.6 Å². The minimum Gasteiger partial charge on any atom is -0.479 e. The van der Waals surface area contributed by atoms with E-state index in [-0.39, 0.29) is 5.75 Å². The van der Waals surface area contributed by atoms with Gasteiger partial charge in [-0.3, -0.25) is 0 Å². The zero-order valence-corrected chi connectivity index (χ0v) is 11.8. The van der Waals surface area contributed by atoms with Crippen molar-refractivity contribution in [2.45, 2.75) is 6.92 Å². The maximum Gasteiger partial charge on any atom is 0.372 e. The normalized spacial score (nSPS) is 10.7. The van der Waals surface area contributed by atoms with Gasteiger partial charge in [0.15, 0.2) is 18.2 Å². The molecule has 0 saturated heterocycles. The van der Waals surface area contributed by atoms with Gasteiger partial charge in [-0.15, -0.1) is 0 Å². The molecule has 0 bridgehead atoms. The average Bonchev–Trinajstić information content (AvgIpc) is 2.48. The Bertz CT molecular complexity index is 684. The highest BCUT2D eigenvalue weighted by Gasteiger charge is 2.08. The molecule has 0 aliphatic heterocycles. The Balaban J connectivity index is 1.81. The maximum atomic E-state index is 13.3. The molecule has 2 rings (SSSR count). The van der Waals surface area contributed by atoms with E-state index in [0.29, 0.717) is 6.07 Å². The van der Waals surface area contributed by atoms with Crippen LogP contribution in [-0.4, -0.2) is 18.8 Å². The van der Waals surface area contributed by atoms with Gasteiger partial charge in [0.25, 0.3) is 0 Å². The molecule has 0 atom stereocenters. The van der Waals surface area contributed by atoms with Crippen LogP contribution in [0.4, 0.5) is 8.78 Å². The molecule has 0 fully saturated rings. The second-order valence-corrected chi connectivity index (χ2v) is 4.47. The predicted molar refractivity (Wildman–Crippen MR) is 76.7 cm³/mol. The summed E-state index contributed by atoms with van der Waals surface area (Å²) in [6.07, 6.45) is 1.37. The van der Waals surface area contributed by atoms with Crippen molar-refractivity contribution in [3.05, 3.63) is 65.2 Å². The number of hydrogen-bond donors (Lipinski definition) is 0. The van der Waals surface area contributed by atoms with E-state index in [2.05, 4.69) is 9.99 Å². The first-order valence-electron chi connectivity index (χ1n) is 6.42. The lowest BCUT2D eigenvalue weighted by Gasteiger charge is -2.04. The Morgan fingerprint density at radius 3 is 2.59 bits per heavy atom. The summed E-state index contributed by atoms with van der Waals surface area (Å²) in [4.78, 5) is 16.0. The first kappa shape index (κ1) is 15.6. The number of oxime groups is 1. The van der Waals surface area contributed by atoms with Gasteiger partial charge in [-0.05, 0) is 24.6 Å². The van der Waals surface area contributed by atoms with E-state index in [1.165, 1.54) is 6.21 Å². The van der Waals surface area contributed by atoms with E-state index in [1.807, 2.05) is 31.2 Å². The van der Waals surface area contributed by atoms with Crippen LogP contribution in [0, 0.1) is 18.6 Å². The number of nitrogens with zero attached hydrogens (tertiary/aromatic N) is 1. The van der Waals surface area contributed by atoms with Crippen LogP contribution in [0.1, 0.15) is 11.1 Å². The average molecular weight is 305 g/mol. The molecule has 0 unspecified atom stereocenters. The predicted octanol–water partition coefficient (Wildman–Crippen LogP) is 3.23. The molecule has 0 amide bonds. The number of benzene rings is 2. The van der Waals surface area contributed by atoms with Gasteiger partial charge in [-0.2, -0.15) is 0 Å². The molecule has 2 aromatic carbocycles. The highest BCUT2D eigenvalue weighted by Crippen LogP contribution is 2.17. The number of ether oxygens (including phenoxy) is 1. The minimum absolute atomic E-state index is 0.235. The lowest BCUT2D eigenvalue weighted by molar-refractivity contribution is -0.145. The fourth-order valence-electron chi connectivity index (χ4n) is 1.55. The van der Waals surface area contributed by atoms with E-state index in [4.69, 9.17) is 4.74 Å². The lowest BCUT2D eigenvalue weighted by atomic mass is 10.2. The summed E-state index contributed by atoms with van der Waals surface area (Å²) in [6, 6.07) is 10.2. The molecule has 0 heterocycles. The summed E-state index contributed by atoms with van der Waals surface area (Å²) in [5, 5.41) is 3.51. The van der Waals surface area contributed by atoms with Crippen molar-refractivity contribution in [2.75, 3.05) is 6.61 Å². The molecule has 2 aromatic rings. The molecule has 0 saturated carbocycles. The second kappa shape index (κ2) is 7.31. The van der Waals surface area contributed by atoms with Gasteiger partial charge in [0.05, 0.1) is 6.21 Å². The van der Waals surface area contributed by atoms with Gasteiger partial charge >= 0.3 is 5.97 Å². The Morgan fingerprint density at radius 2 is 1.91 bits per heavy atom. The summed E-state index contributed by atoms with van der Waals surface area (Å²) < 4.78 is 30.8. The molecule has 0 aliphatic rings. The van der Waals surface area contributed by atoms with Gasteiger partial charge in [0.1, 0.15) is 5.82 Å². The Kier molecular flexibility index (Phi) is 5.19. The third-order valence-corrected chi connectivity index (χ3v) is 2.67. The van der Waals surface area contributed by atoms with Crippen molar-refractivity contribution in [3.63, 3.8) is 0 Å². The van der Waals surface area contributed by atoms with Crippen molar-refractivity contribution in [1.82, 2.24) is 0 Å². The maximum absolute atomic E-state index is 13.3. The Morgan fingerprint density at radius 1 is 1.18 bits per heavy atom. The second-order valence-electron chi connectivity index (χ2n) is 4.47. The van der Waals surface area contributed by atoms with E-state index < -0.39 is 24.2 Å². The smallest absolute Gasteiger partial charge is 0.372 e. The van der Waals surface area contributed by atoms with Crippen LogP contribution in [-0.2, 0) is 9.63 Å². The molecule has 6 heteroatoms. The molecular weight excluding hydrogens is 292 g/mol. The van der Waals surface area contributed by atoms with Gasteiger partial charge < -0.3 is 9.57 Å². The van der Waals surface area contributed by atoms with Crippen LogP contribution >= 0.6 is 0 Å². The highest BCUT2D eigenvalue weighted by atomic mass is 19.1. The molecule has 0 aromatic heterocycles. The first-order valence-corrected chi connectivity index (χ1v) is 6.42. The molecule has 114 valence electrons. The van der Waals surface area contributed by atoms with Crippen LogP contribution in [0.5, 0.6) is 5.75 Å². The van der Waals surface area contributed by atoms with Crippen molar-refractivity contribution >= 4 is 12.2 Å². The van der Waals surface area contributed by atoms with Crippen LogP contribution in [0.25, 0.3) is 0 Å². The Labute approximate surface area is 126 Å². The number of halogens is 2. The van der Waals surface area contributed by atoms with Crippen LogP contribution in [0.3, 0.4) is 0 Å². The summed E-state index contributed by atoms with van der Waals surface area (Å²) in [5.41, 5.74) is 1.87. The largest absolute Gasteiger partial charge is 0.479 e. The van der Waals surface area contributed by atoms with E-state index in [1.54, 1.807) is 0 Å². The zero-order chi connectivity index (χ0) is 15.9. The molecule has 4 nitrogen and oxygen atoms in total. The zero-order valence-electron chi connectivity index (χ0n) is 11.8. The number of carbonyl (C=O) groups excluding carboxylic acids is 1. The fraction of sp³-hybridized carbons (Fsp3) is 0.125. The third-order valence-electron chi connectivity index (χ3n) is 2.67. The third kappa shape index (κ3) is 4.66. The summed E-state index contributed by atoms with van der Waals surface area (Å²) >= 11 is 0. The number of carbonyl (C=O) groups is 1. The molecule has 0 spiro atoms. The number of hydrogen-bond acceptors (Lipinski definition) is 4. The van der Waals surface area contributed by atoms with Crippen molar-refractivity contribution < 1.29 is 23.1 Å². The molecule has 0 aliphatic carbocycles. The lowest BCUT2D eigenvalue weighted by Crippen LogP contribution is -2.13. The SMILES string of the molecule is Cc1ccc(/C=N\OC(=O)COc2ccc(F)cc2F)cc1. The number of rotatable bonds is 5. The van der Waals surface area contributed by atoms with Gasteiger partial charge in [-0.1, -0.05) is 35.0 Å². The van der Waals surface area contributed by atoms with Crippen molar-refractivity contribution in [1.29, 1.82) is 0 Å². The summed E-state index contributed by atoms with van der Waals surface area (Å²) in [7, 11) is 0. The molecule has 0 N–H and O–H groups in total. The van der Waals surface area contributed by atoms with Gasteiger partial charge in [0.2, 0.25) is 0 Å². The van der Waals surface area contributed by atoms with Crippen LogP contribution < -0.4 is 4.74 Å². The summed E-state index contributed by atoms with van der Waals surface area (Å²) in [5.74, 6) is -2.65. The quantitative estimate of drug-likeness (QED) is 0.484. The molecular formula is C16H13F2NO3.